The quantitative estimate of drug-likeness (QED) is 0.398. The molecule has 0 fully saturated rings. The summed E-state index contributed by atoms with van der Waals surface area (Å²) in [7, 11) is 0. The van der Waals surface area contributed by atoms with Crippen LogP contribution < -0.4 is 10.6 Å². The number of para-hydroxylation sites is 1. The van der Waals surface area contributed by atoms with Gasteiger partial charge in [-0.25, -0.2) is 4.98 Å². The number of carbonyl (C=O) groups is 1. The Balaban J connectivity index is 1.40. The number of benzene rings is 3. The summed E-state index contributed by atoms with van der Waals surface area (Å²) in [6.45, 7) is 0. The van der Waals surface area contributed by atoms with Crippen molar-refractivity contribution in [3.05, 3.63) is 103 Å². The zero-order chi connectivity index (χ0) is 22.2. The molecule has 1 amide bonds. The predicted octanol–water partition coefficient (Wildman–Crippen LogP) is 5.31. The summed E-state index contributed by atoms with van der Waals surface area (Å²) in [6, 6.07) is 28.6. The van der Waals surface area contributed by atoms with Crippen molar-refractivity contribution in [2.75, 3.05) is 10.6 Å². The van der Waals surface area contributed by atoms with Crippen LogP contribution in [0.15, 0.2) is 97.2 Å². The van der Waals surface area contributed by atoms with E-state index >= 15 is 0 Å². The van der Waals surface area contributed by atoms with Crippen molar-refractivity contribution >= 4 is 23.1 Å². The second-order valence-electron chi connectivity index (χ2n) is 7.62. The first-order valence-electron chi connectivity index (χ1n) is 10.5. The molecule has 0 aliphatic carbocycles. The standard InChI is InChI=1S/C26H18N6O/c33-26(18-7-2-1-3-8-18)28-19-14-12-17(13-15-19)24-30-31-25-20-9-4-5-10-21(20)29-23-22(32(24)25)11-6-16-27-23/h1-16H,(H,27,29)(H,28,33). The van der Waals surface area contributed by atoms with E-state index in [2.05, 4.69) is 25.8 Å². The van der Waals surface area contributed by atoms with E-state index in [-0.39, 0.29) is 5.91 Å². The first kappa shape index (κ1) is 18.9. The Morgan fingerprint density at radius 2 is 1.55 bits per heavy atom. The van der Waals surface area contributed by atoms with Crippen molar-refractivity contribution in [3.63, 3.8) is 0 Å². The highest BCUT2D eigenvalue weighted by molar-refractivity contribution is 6.04. The molecular weight excluding hydrogens is 412 g/mol. The lowest BCUT2D eigenvalue weighted by molar-refractivity contribution is 0.102. The molecule has 3 aromatic carbocycles. The van der Waals surface area contributed by atoms with E-state index in [1.165, 1.54) is 0 Å². The van der Waals surface area contributed by atoms with Crippen LogP contribution in [-0.2, 0) is 0 Å². The van der Waals surface area contributed by atoms with E-state index in [1.807, 2.05) is 83.4 Å². The summed E-state index contributed by atoms with van der Waals surface area (Å²) in [6.07, 6.45) is 1.76. The van der Waals surface area contributed by atoms with Gasteiger partial charge in [0, 0.05) is 28.6 Å². The lowest BCUT2D eigenvalue weighted by Crippen LogP contribution is -2.11. The summed E-state index contributed by atoms with van der Waals surface area (Å²) < 4.78 is 2.01. The van der Waals surface area contributed by atoms with E-state index in [4.69, 9.17) is 0 Å². The summed E-state index contributed by atoms with van der Waals surface area (Å²) in [4.78, 5) is 17.0. The van der Waals surface area contributed by atoms with Crippen LogP contribution in [0, 0.1) is 0 Å². The lowest BCUT2D eigenvalue weighted by Gasteiger charge is -2.11. The van der Waals surface area contributed by atoms with Crippen LogP contribution in [0.5, 0.6) is 0 Å². The first-order valence-corrected chi connectivity index (χ1v) is 10.5. The van der Waals surface area contributed by atoms with E-state index in [1.54, 1.807) is 18.3 Å². The predicted molar refractivity (Wildman–Crippen MR) is 128 cm³/mol. The molecule has 1 aliphatic heterocycles. The number of aromatic nitrogens is 4. The monoisotopic (exact) mass is 430 g/mol. The third-order valence-electron chi connectivity index (χ3n) is 5.55. The van der Waals surface area contributed by atoms with Gasteiger partial charge in [0.1, 0.15) is 0 Å². The largest absolute Gasteiger partial charge is 0.338 e. The van der Waals surface area contributed by atoms with Gasteiger partial charge in [-0.15, -0.1) is 10.2 Å². The molecule has 0 spiro atoms. The van der Waals surface area contributed by atoms with Crippen molar-refractivity contribution in [2.24, 2.45) is 0 Å². The number of carbonyl (C=O) groups excluding carboxylic acids is 1. The van der Waals surface area contributed by atoms with Crippen molar-refractivity contribution in [3.8, 4) is 28.5 Å². The molecule has 7 nitrogen and oxygen atoms in total. The molecule has 2 aromatic heterocycles. The number of pyridine rings is 1. The van der Waals surface area contributed by atoms with Crippen LogP contribution in [0.1, 0.15) is 10.4 Å². The molecule has 0 atom stereocenters. The molecule has 0 saturated carbocycles. The maximum Gasteiger partial charge on any atom is 0.255 e. The van der Waals surface area contributed by atoms with Gasteiger partial charge in [-0.05, 0) is 60.7 Å². The first-order chi connectivity index (χ1) is 16.3. The summed E-state index contributed by atoms with van der Waals surface area (Å²) in [5.41, 5.74) is 4.93. The minimum Gasteiger partial charge on any atom is -0.338 e. The van der Waals surface area contributed by atoms with Gasteiger partial charge in [0.2, 0.25) is 0 Å². The van der Waals surface area contributed by atoms with Crippen LogP contribution in [0.4, 0.5) is 17.2 Å². The third-order valence-corrected chi connectivity index (χ3v) is 5.55. The van der Waals surface area contributed by atoms with Crippen molar-refractivity contribution in [2.45, 2.75) is 0 Å². The van der Waals surface area contributed by atoms with Gasteiger partial charge in [-0.1, -0.05) is 30.3 Å². The van der Waals surface area contributed by atoms with Crippen LogP contribution in [0.25, 0.3) is 28.5 Å². The SMILES string of the molecule is O=C(Nc1ccc(-c2nnc3n2-c2cccnc2Nc2ccccc2-3)cc1)c1ccccc1. The minimum atomic E-state index is -0.151. The number of nitrogens with zero attached hydrogens (tertiary/aromatic N) is 4. The Labute approximate surface area is 189 Å². The maximum absolute atomic E-state index is 12.5. The van der Waals surface area contributed by atoms with Crippen LogP contribution in [0.3, 0.4) is 0 Å². The molecule has 3 heterocycles. The normalized spacial score (nSPS) is 11.4. The fourth-order valence-corrected chi connectivity index (χ4v) is 3.96. The van der Waals surface area contributed by atoms with Gasteiger partial charge in [-0.3, -0.25) is 9.36 Å². The average molecular weight is 430 g/mol. The third kappa shape index (κ3) is 3.32. The Morgan fingerprint density at radius 1 is 0.788 bits per heavy atom. The number of fused-ring (bicyclic) bond motifs is 5. The number of hydrogen-bond donors (Lipinski definition) is 2. The van der Waals surface area contributed by atoms with Gasteiger partial charge >= 0.3 is 0 Å². The van der Waals surface area contributed by atoms with E-state index in [0.29, 0.717) is 17.1 Å². The van der Waals surface area contributed by atoms with E-state index in [9.17, 15) is 4.79 Å². The van der Waals surface area contributed by atoms with Gasteiger partial charge in [0.05, 0.1) is 11.4 Å². The van der Waals surface area contributed by atoms with Crippen molar-refractivity contribution in [1.29, 1.82) is 0 Å². The molecule has 5 aromatic rings. The molecule has 0 unspecified atom stereocenters. The summed E-state index contributed by atoms with van der Waals surface area (Å²) in [5.74, 6) is 2.01. The van der Waals surface area contributed by atoms with Gasteiger partial charge < -0.3 is 10.6 Å². The molecule has 33 heavy (non-hydrogen) atoms. The number of rotatable bonds is 3. The van der Waals surface area contributed by atoms with Crippen molar-refractivity contribution in [1.82, 2.24) is 19.7 Å². The molecule has 158 valence electrons. The molecule has 0 bridgehead atoms. The second-order valence-corrected chi connectivity index (χ2v) is 7.62. The van der Waals surface area contributed by atoms with Crippen LogP contribution in [-0.4, -0.2) is 25.7 Å². The second kappa shape index (κ2) is 7.72. The molecule has 0 radical (unpaired) electrons. The Bertz CT molecular complexity index is 1470. The van der Waals surface area contributed by atoms with Gasteiger partial charge in [-0.2, -0.15) is 0 Å². The smallest absolute Gasteiger partial charge is 0.255 e. The maximum atomic E-state index is 12.5. The minimum absolute atomic E-state index is 0.151. The molecule has 7 heteroatoms. The fourth-order valence-electron chi connectivity index (χ4n) is 3.96. The molecular formula is C26H18N6O. The Hall–Kier alpha value is -4.78. The zero-order valence-electron chi connectivity index (χ0n) is 17.4. The Morgan fingerprint density at radius 3 is 2.39 bits per heavy atom. The molecule has 2 N–H and O–H groups in total. The zero-order valence-corrected chi connectivity index (χ0v) is 17.4. The van der Waals surface area contributed by atoms with Crippen LogP contribution >= 0.6 is 0 Å². The van der Waals surface area contributed by atoms with E-state index < -0.39 is 0 Å². The molecule has 1 aliphatic rings. The summed E-state index contributed by atoms with van der Waals surface area (Å²) >= 11 is 0. The van der Waals surface area contributed by atoms with Crippen LogP contribution in [0.2, 0.25) is 0 Å². The van der Waals surface area contributed by atoms with E-state index in [0.717, 1.165) is 34.1 Å². The number of nitrogens with one attached hydrogen (secondary N) is 2. The number of hydrogen-bond acceptors (Lipinski definition) is 5. The summed E-state index contributed by atoms with van der Waals surface area (Å²) in [5, 5.41) is 15.4. The highest BCUT2D eigenvalue weighted by Crippen LogP contribution is 2.39. The fraction of sp³-hybridized carbons (Fsp3) is 0. The van der Waals surface area contributed by atoms with Gasteiger partial charge in [0.15, 0.2) is 17.5 Å². The lowest BCUT2D eigenvalue weighted by atomic mass is 10.1. The highest BCUT2D eigenvalue weighted by atomic mass is 16.1. The molecule has 0 saturated heterocycles. The van der Waals surface area contributed by atoms with Gasteiger partial charge in [0.25, 0.3) is 5.91 Å². The van der Waals surface area contributed by atoms with Crippen molar-refractivity contribution < 1.29 is 4.79 Å². The molecule has 6 rings (SSSR count). The average Bonchev–Trinajstić information content (AvgIpc) is 3.25. The highest BCUT2D eigenvalue weighted by Gasteiger charge is 2.24. The number of anilines is 3. The number of amides is 1. The topological polar surface area (TPSA) is 84.7 Å². The Kier molecular flexibility index (Phi) is 4.43.